The van der Waals surface area contributed by atoms with E-state index in [0.29, 0.717) is 38.4 Å². The summed E-state index contributed by atoms with van der Waals surface area (Å²) in [6, 6.07) is 5.89. The van der Waals surface area contributed by atoms with Gasteiger partial charge in [-0.05, 0) is 33.8 Å². The van der Waals surface area contributed by atoms with Gasteiger partial charge in [0.15, 0.2) is 0 Å². The highest BCUT2D eigenvalue weighted by Gasteiger charge is 2.36. The lowest BCUT2D eigenvalue weighted by Gasteiger charge is -2.45. The number of benzene rings is 1. The Bertz CT molecular complexity index is 684. The monoisotopic (exact) mass is 407 g/mol. The number of nitrogens with zero attached hydrogens (tertiary/aromatic N) is 2. The second-order valence-corrected chi connectivity index (χ2v) is 8.76. The number of halogens is 1. The van der Waals surface area contributed by atoms with E-state index in [0.717, 1.165) is 13.1 Å². The minimum atomic E-state index is -0.654. The molecule has 7 heteroatoms. The van der Waals surface area contributed by atoms with Crippen LogP contribution in [0.5, 0.6) is 0 Å². The fourth-order valence-corrected chi connectivity index (χ4v) is 4.22. The summed E-state index contributed by atoms with van der Waals surface area (Å²) in [6.45, 7) is 12.9. The minimum Gasteiger partial charge on any atom is -0.379 e. The quantitative estimate of drug-likeness (QED) is 0.784. The third-order valence-electron chi connectivity index (χ3n) is 5.83. The molecule has 1 amide bonds. The van der Waals surface area contributed by atoms with Crippen LogP contribution in [-0.2, 0) is 14.3 Å². The lowest BCUT2D eigenvalue weighted by molar-refractivity contribution is -0.130. The third-order valence-corrected chi connectivity index (χ3v) is 5.83. The lowest BCUT2D eigenvalue weighted by atomic mass is 9.98. The van der Waals surface area contributed by atoms with Gasteiger partial charge >= 0.3 is 0 Å². The minimum absolute atomic E-state index is 0.160. The fourth-order valence-electron chi connectivity index (χ4n) is 4.22. The highest BCUT2D eigenvalue weighted by Crippen LogP contribution is 2.26. The summed E-state index contributed by atoms with van der Waals surface area (Å²) in [5, 5.41) is 3.10. The number of carbonyl (C=O) groups is 1. The average molecular weight is 408 g/mol. The maximum Gasteiger partial charge on any atom is 0.242 e. The molecular weight excluding hydrogens is 373 g/mol. The van der Waals surface area contributed by atoms with E-state index in [1.54, 1.807) is 18.2 Å². The van der Waals surface area contributed by atoms with Crippen molar-refractivity contribution in [3.63, 3.8) is 0 Å². The Morgan fingerprint density at radius 3 is 2.45 bits per heavy atom. The molecule has 2 heterocycles. The van der Waals surface area contributed by atoms with Crippen molar-refractivity contribution in [2.45, 2.75) is 51.5 Å². The van der Waals surface area contributed by atoms with Crippen LogP contribution in [-0.4, -0.2) is 79.4 Å². The van der Waals surface area contributed by atoms with Crippen molar-refractivity contribution in [3.05, 3.63) is 35.6 Å². The standard InChI is InChI=1S/C22H34FN3O3/c1-16-13-26(14-17(2)29-16)22(3,4)15-24-21(27)20(25-9-11-28-12-10-25)18-7-5-6-8-19(18)23/h5-8,16-17,20H,9-15H2,1-4H3,(H,24,27)/t16-,17-,20+/m1/s1. The van der Waals surface area contributed by atoms with Crippen molar-refractivity contribution < 1.29 is 18.7 Å². The zero-order chi connectivity index (χ0) is 21.0. The number of hydrogen-bond donors (Lipinski definition) is 1. The van der Waals surface area contributed by atoms with Crippen LogP contribution in [0, 0.1) is 5.82 Å². The van der Waals surface area contributed by atoms with Gasteiger partial charge in [-0.2, -0.15) is 0 Å². The first kappa shape index (κ1) is 22.2. The van der Waals surface area contributed by atoms with Crippen molar-refractivity contribution in [1.82, 2.24) is 15.1 Å². The van der Waals surface area contributed by atoms with E-state index in [2.05, 4.69) is 37.9 Å². The largest absolute Gasteiger partial charge is 0.379 e. The van der Waals surface area contributed by atoms with Crippen LogP contribution < -0.4 is 5.32 Å². The topological polar surface area (TPSA) is 54.0 Å². The van der Waals surface area contributed by atoms with Crippen LogP contribution in [0.25, 0.3) is 0 Å². The van der Waals surface area contributed by atoms with Crippen LogP contribution in [0.3, 0.4) is 0 Å². The average Bonchev–Trinajstić information content (AvgIpc) is 2.68. The van der Waals surface area contributed by atoms with Crippen LogP contribution in [0.1, 0.15) is 39.3 Å². The maximum atomic E-state index is 14.5. The highest BCUT2D eigenvalue weighted by atomic mass is 19.1. The van der Waals surface area contributed by atoms with E-state index in [1.165, 1.54) is 6.07 Å². The molecule has 162 valence electrons. The summed E-state index contributed by atoms with van der Waals surface area (Å²) in [7, 11) is 0. The third kappa shape index (κ3) is 5.54. The van der Waals surface area contributed by atoms with E-state index in [-0.39, 0.29) is 29.5 Å². The van der Waals surface area contributed by atoms with Gasteiger partial charge in [-0.1, -0.05) is 18.2 Å². The second kappa shape index (κ2) is 9.51. The number of amides is 1. The SMILES string of the molecule is C[C@@H]1CN(C(C)(C)CNC(=O)[C@H](c2ccccc2F)N2CCOCC2)C[C@@H](C)O1. The molecule has 2 fully saturated rings. The number of carbonyl (C=O) groups excluding carboxylic acids is 1. The van der Waals surface area contributed by atoms with Crippen molar-refractivity contribution in [3.8, 4) is 0 Å². The Hall–Kier alpha value is -1.54. The Labute approximate surface area is 173 Å². The number of morpholine rings is 2. The first-order valence-electron chi connectivity index (χ1n) is 10.5. The molecule has 1 aromatic rings. The van der Waals surface area contributed by atoms with Gasteiger partial charge in [0.2, 0.25) is 5.91 Å². The summed E-state index contributed by atoms with van der Waals surface area (Å²) in [5.41, 5.74) is 0.186. The number of rotatable bonds is 6. The molecule has 3 atom stereocenters. The van der Waals surface area contributed by atoms with Crippen molar-refractivity contribution in [2.75, 3.05) is 45.9 Å². The molecule has 0 aromatic heterocycles. The molecule has 0 bridgehead atoms. The smallest absolute Gasteiger partial charge is 0.242 e. The van der Waals surface area contributed by atoms with Gasteiger partial charge in [0, 0.05) is 43.8 Å². The molecular formula is C22H34FN3O3. The van der Waals surface area contributed by atoms with Gasteiger partial charge in [0.25, 0.3) is 0 Å². The molecule has 0 spiro atoms. The normalized spacial score (nSPS) is 25.6. The molecule has 1 aromatic carbocycles. The van der Waals surface area contributed by atoms with Crippen molar-refractivity contribution >= 4 is 5.91 Å². The predicted molar refractivity (Wildman–Crippen MR) is 110 cm³/mol. The molecule has 1 N–H and O–H groups in total. The van der Waals surface area contributed by atoms with E-state index < -0.39 is 6.04 Å². The van der Waals surface area contributed by atoms with E-state index in [1.807, 2.05) is 4.90 Å². The Morgan fingerprint density at radius 1 is 1.21 bits per heavy atom. The summed E-state index contributed by atoms with van der Waals surface area (Å²) in [6.07, 6.45) is 0.321. The molecule has 2 aliphatic rings. The predicted octanol–water partition coefficient (Wildman–Crippen LogP) is 2.20. The van der Waals surface area contributed by atoms with Crippen LogP contribution in [0.4, 0.5) is 4.39 Å². The van der Waals surface area contributed by atoms with Crippen LogP contribution in [0.2, 0.25) is 0 Å². The summed E-state index contributed by atoms with van der Waals surface area (Å²) >= 11 is 0. The Kier molecular flexibility index (Phi) is 7.27. The summed E-state index contributed by atoms with van der Waals surface area (Å²) in [5.74, 6) is -0.520. The molecule has 0 radical (unpaired) electrons. The summed E-state index contributed by atoms with van der Waals surface area (Å²) < 4.78 is 25.8. The van der Waals surface area contributed by atoms with E-state index >= 15 is 0 Å². The van der Waals surface area contributed by atoms with Crippen LogP contribution >= 0.6 is 0 Å². The molecule has 3 rings (SSSR count). The molecule has 6 nitrogen and oxygen atoms in total. The maximum absolute atomic E-state index is 14.5. The summed E-state index contributed by atoms with van der Waals surface area (Å²) in [4.78, 5) is 17.6. The number of hydrogen-bond acceptors (Lipinski definition) is 5. The van der Waals surface area contributed by atoms with Crippen molar-refractivity contribution in [2.24, 2.45) is 0 Å². The van der Waals surface area contributed by atoms with Gasteiger partial charge < -0.3 is 14.8 Å². The fraction of sp³-hybridized carbons (Fsp3) is 0.682. The molecule has 2 aliphatic heterocycles. The molecule has 0 unspecified atom stereocenters. The van der Waals surface area contributed by atoms with Gasteiger partial charge in [-0.3, -0.25) is 14.6 Å². The number of nitrogens with one attached hydrogen (secondary N) is 1. The van der Waals surface area contributed by atoms with Gasteiger partial charge in [0.1, 0.15) is 11.9 Å². The van der Waals surface area contributed by atoms with Crippen molar-refractivity contribution in [1.29, 1.82) is 0 Å². The second-order valence-electron chi connectivity index (χ2n) is 8.76. The van der Waals surface area contributed by atoms with E-state index in [9.17, 15) is 9.18 Å². The molecule has 29 heavy (non-hydrogen) atoms. The molecule has 2 saturated heterocycles. The van der Waals surface area contributed by atoms with E-state index in [4.69, 9.17) is 9.47 Å². The Balaban J connectivity index is 1.72. The first-order valence-corrected chi connectivity index (χ1v) is 10.5. The first-order chi connectivity index (χ1) is 13.8. The van der Waals surface area contributed by atoms with Crippen LogP contribution in [0.15, 0.2) is 24.3 Å². The zero-order valence-corrected chi connectivity index (χ0v) is 18.0. The molecule has 0 aliphatic carbocycles. The van der Waals surface area contributed by atoms with Gasteiger partial charge in [-0.25, -0.2) is 4.39 Å². The zero-order valence-electron chi connectivity index (χ0n) is 18.0. The van der Waals surface area contributed by atoms with Gasteiger partial charge in [0.05, 0.1) is 25.4 Å². The lowest BCUT2D eigenvalue weighted by Crippen LogP contribution is -2.59. The molecule has 0 saturated carbocycles. The van der Waals surface area contributed by atoms with Gasteiger partial charge in [-0.15, -0.1) is 0 Å². The highest BCUT2D eigenvalue weighted by molar-refractivity contribution is 5.83. The number of ether oxygens (including phenoxy) is 2. The Morgan fingerprint density at radius 2 is 1.83 bits per heavy atom.